The summed E-state index contributed by atoms with van der Waals surface area (Å²) >= 11 is 0. The van der Waals surface area contributed by atoms with Crippen LogP contribution in [0.3, 0.4) is 0 Å². The van der Waals surface area contributed by atoms with Gasteiger partial charge >= 0.3 is 0 Å². The lowest BCUT2D eigenvalue weighted by Gasteiger charge is -2.32. The molecular weight excluding hydrogens is 262 g/mol. The average Bonchev–Trinajstić information content (AvgIpc) is 3.05. The summed E-state index contributed by atoms with van der Waals surface area (Å²) < 4.78 is 4.36. The van der Waals surface area contributed by atoms with Crippen LogP contribution in [-0.4, -0.2) is 25.1 Å². The molecule has 1 atom stereocenters. The highest BCUT2D eigenvalue weighted by Gasteiger charge is 2.24. The zero-order valence-corrected chi connectivity index (χ0v) is 13.6. The van der Waals surface area contributed by atoms with Crippen molar-refractivity contribution in [2.75, 3.05) is 0 Å². The van der Waals surface area contributed by atoms with E-state index in [1.165, 1.54) is 5.69 Å². The van der Waals surface area contributed by atoms with Crippen LogP contribution in [0.2, 0.25) is 0 Å². The Morgan fingerprint density at radius 1 is 1.24 bits per heavy atom. The molecule has 0 fully saturated rings. The maximum Gasteiger partial charge on any atom is 0.0948 e. The van der Waals surface area contributed by atoms with Crippen molar-refractivity contribution in [3.05, 3.63) is 36.9 Å². The maximum atomic E-state index is 4.26. The van der Waals surface area contributed by atoms with Crippen LogP contribution in [0.25, 0.3) is 0 Å². The van der Waals surface area contributed by atoms with Gasteiger partial charge in [0, 0.05) is 44.3 Å². The number of hydrogen-bond donors (Lipinski definition) is 1. The fourth-order valence-corrected chi connectivity index (χ4v) is 2.42. The summed E-state index contributed by atoms with van der Waals surface area (Å²) in [6, 6.07) is 0.372. The number of nitrogens with one attached hydrogen (secondary N) is 1. The molecule has 0 aliphatic rings. The van der Waals surface area contributed by atoms with Crippen molar-refractivity contribution in [2.45, 2.75) is 59.8 Å². The van der Waals surface area contributed by atoms with Crippen LogP contribution in [0.5, 0.6) is 0 Å². The second kappa shape index (κ2) is 6.89. The smallest absolute Gasteiger partial charge is 0.0948 e. The minimum Gasteiger partial charge on any atom is -0.336 e. The lowest BCUT2D eigenvalue weighted by Crippen LogP contribution is -2.43. The van der Waals surface area contributed by atoms with Crippen molar-refractivity contribution in [1.29, 1.82) is 0 Å². The predicted octanol–water partition coefficient (Wildman–Crippen LogP) is 2.69. The maximum absolute atomic E-state index is 4.26. The normalized spacial score (nSPS) is 13.5. The Morgan fingerprint density at radius 3 is 2.67 bits per heavy atom. The first-order valence-electron chi connectivity index (χ1n) is 7.69. The fourth-order valence-electron chi connectivity index (χ4n) is 2.42. The Morgan fingerprint density at radius 2 is 2.05 bits per heavy atom. The molecule has 2 heterocycles. The van der Waals surface area contributed by atoms with Crippen molar-refractivity contribution in [1.82, 2.24) is 24.4 Å². The van der Waals surface area contributed by atoms with Crippen LogP contribution < -0.4 is 5.32 Å². The molecule has 0 saturated heterocycles. The molecule has 2 rings (SSSR count). The highest BCUT2D eigenvalue weighted by atomic mass is 15.1. The van der Waals surface area contributed by atoms with Gasteiger partial charge in [-0.1, -0.05) is 27.7 Å². The molecule has 0 amide bonds. The van der Waals surface area contributed by atoms with Crippen LogP contribution in [0.15, 0.2) is 31.2 Å². The van der Waals surface area contributed by atoms with E-state index in [1.54, 1.807) is 0 Å². The number of aryl methyl sites for hydroxylation is 1. The number of aromatic nitrogens is 4. The van der Waals surface area contributed by atoms with Gasteiger partial charge in [-0.3, -0.25) is 0 Å². The van der Waals surface area contributed by atoms with E-state index in [-0.39, 0.29) is 5.41 Å². The van der Waals surface area contributed by atoms with Gasteiger partial charge in [-0.2, -0.15) is 0 Å². The van der Waals surface area contributed by atoms with Crippen molar-refractivity contribution >= 4 is 0 Å². The van der Waals surface area contributed by atoms with Gasteiger partial charge in [-0.15, -0.1) is 0 Å². The highest BCUT2D eigenvalue weighted by molar-refractivity contribution is 4.99. The van der Waals surface area contributed by atoms with E-state index in [0.29, 0.717) is 6.04 Å². The van der Waals surface area contributed by atoms with Gasteiger partial charge in [0.05, 0.1) is 18.3 Å². The van der Waals surface area contributed by atoms with E-state index in [2.05, 4.69) is 52.1 Å². The van der Waals surface area contributed by atoms with Crippen LogP contribution in [0, 0.1) is 5.41 Å². The average molecular weight is 289 g/mol. The minimum atomic E-state index is 0.180. The van der Waals surface area contributed by atoms with E-state index in [4.69, 9.17) is 0 Å². The molecule has 116 valence electrons. The SMILES string of the molecule is CCCn1cncc1CNC(Cn1ccnc1)C(C)(C)C. The Bertz CT molecular complexity index is 521. The summed E-state index contributed by atoms with van der Waals surface area (Å²) in [7, 11) is 0. The van der Waals surface area contributed by atoms with Crippen molar-refractivity contribution in [2.24, 2.45) is 5.41 Å². The summed E-state index contributed by atoms with van der Waals surface area (Å²) in [5.41, 5.74) is 1.43. The first kappa shape index (κ1) is 15.8. The molecule has 2 aromatic rings. The van der Waals surface area contributed by atoms with E-state index in [1.807, 2.05) is 31.2 Å². The summed E-state index contributed by atoms with van der Waals surface area (Å²) in [6.07, 6.45) is 10.7. The lowest BCUT2D eigenvalue weighted by molar-refractivity contribution is 0.238. The Hall–Kier alpha value is -1.62. The zero-order valence-electron chi connectivity index (χ0n) is 13.6. The predicted molar refractivity (Wildman–Crippen MR) is 84.8 cm³/mol. The van der Waals surface area contributed by atoms with E-state index in [0.717, 1.165) is 26.1 Å². The van der Waals surface area contributed by atoms with Gasteiger partial charge in [0.1, 0.15) is 0 Å². The number of imidazole rings is 2. The van der Waals surface area contributed by atoms with Crippen molar-refractivity contribution in [3.63, 3.8) is 0 Å². The topological polar surface area (TPSA) is 47.7 Å². The molecule has 0 bridgehead atoms. The summed E-state index contributed by atoms with van der Waals surface area (Å²) in [4.78, 5) is 8.39. The van der Waals surface area contributed by atoms with Gasteiger partial charge in [-0.25, -0.2) is 9.97 Å². The third-order valence-corrected chi connectivity index (χ3v) is 3.79. The van der Waals surface area contributed by atoms with Gasteiger partial charge < -0.3 is 14.5 Å². The Balaban J connectivity index is 2.00. The molecule has 0 saturated carbocycles. The number of nitrogens with zero attached hydrogens (tertiary/aromatic N) is 4. The first-order chi connectivity index (χ1) is 10.0. The molecule has 0 spiro atoms. The lowest BCUT2D eigenvalue weighted by atomic mass is 9.86. The monoisotopic (exact) mass is 289 g/mol. The van der Waals surface area contributed by atoms with Crippen molar-refractivity contribution < 1.29 is 0 Å². The molecule has 2 aromatic heterocycles. The fraction of sp³-hybridized carbons (Fsp3) is 0.625. The summed E-state index contributed by atoms with van der Waals surface area (Å²) in [6.45, 7) is 11.8. The zero-order chi connectivity index (χ0) is 15.3. The molecule has 5 nitrogen and oxygen atoms in total. The quantitative estimate of drug-likeness (QED) is 0.852. The largest absolute Gasteiger partial charge is 0.336 e. The molecular formula is C16H27N5. The molecule has 1 unspecified atom stereocenters. The van der Waals surface area contributed by atoms with E-state index in [9.17, 15) is 0 Å². The van der Waals surface area contributed by atoms with E-state index < -0.39 is 0 Å². The van der Waals surface area contributed by atoms with Crippen LogP contribution in [0.4, 0.5) is 0 Å². The second-order valence-electron chi connectivity index (χ2n) is 6.64. The second-order valence-corrected chi connectivity index (χ2v) is 6.64. The van der Waals surface area contributed by atoms with Gasteiger partial charge in [0.25, 0.3) is 0 Å². The van der Waals surface area contributed by atoms with Gasteiger partial charge in [0.2, 0.25) is 0 Å². The summed E-state index contributed by atoms with van der Waals surface area (Å²) in [5.74, 6) is 0. The number of hydrogen-bond acceptors (Lipinski definition) is 3. The van der Waals surface area contributed by atoms with Gasteiger partial charge in [-0.05, 0) is 11.8 Å². The molecule has 0 aliphatic carbocycles. The molecule has 0 radical (unpaired) electrons. The summed E-state index contributed by atoms with van der Waals surface area (Å²) in [5, 5.41) is 3.69. The third-order valence-electron chi connectivity index (χ3n) is 3.79. The Kier molecular flexibility index (Phi) is 5.17. The Labute approximate surface area is 127 Å². The van der Waals surface area contributed by atoms with Crippen LogP contribution >= 0.6 is 0 Å². The third kappa shape index (κ3) is 4.43. The standard InChI is InChI=1S/C16H27N5/c1-5-7-21-13-18-9-14(21)10-19-15(16(2,3)4)11-20-8-6-17-12-20/h6,8-9,12-13,15,19H,5,7,10-11H2,1-4H3. The van der Waals surface area contributed by atoms with Crippen molar-refractivity contribution in [3.8, 4) is 0 Å². The molecule has 5 heteroatoms. The van der Waals surface area contributed by atoms with Crippen LogP contribution in [0.1, 0.15) is 39.8 Å². The van der Waals surface area contributed by atoms with Gasteiger partial charge in [0.15, 0.2) is 0 Å². The molecule has 21 heavy (non-hydrogen) atoms. The first-order valence-corrected chi connectivity index (χ1v) is 7.69. The van der Waals surface area contributed by atoms with E-state index >= 15 is 0 Å². The highest BCUT2D eigenvalue weighted by Crippen LogP contribution is 2.21. The molecule has 1 N–H and O–H groups in total. The van der Waals surface area contributed by atoms with Crippen LogP contribution in [-0.2, 0) is 19.6 Å². The molecule has 0 aliphatic heterocycles. The molecule has 0 aromatic carbocycles. The minimum absolute atomic E-state index is 0.180. The number of rotatable bonds is 7.